The van der Waals surface area contributed by atoms with Gasteiger partial charge in [-0.05, 0) is 39.8 Å². The number of hydrogen-bond acceptors (Lipinski definition) is 4. The highest BCUT2D eigenvalue weighted by molar-refractivity contribution is 5.80. The first-order valence-electron chi connectivity index (χ1n) is 9.62. The van der Waals surface area contributed by atoms with Crippen LogP contribution in [0.15, 0.2) is 0 Å². The van der Waals surface area contributed by atoms with E-state index < -0.39 is 0 Å². The Morgan fingerprint density at radius 1 is 0.913 bits per heavy atom. The van der Waals surface area contributed by atoms with E-state index in [0.717, 1.165) is 39.0 Å². The summed E-state index contributed by atoms with van der Waals surface area (Å²) in [5.41, 5.74) is 3.18. The van der Waals surface area contributed by atoms with E-state index in [0.29, 0.717) is 18.0 Å². The molecule has 5 heteroatoms. The molecule has 136 valence electrons. The molecule has 1 N–H and O–H groups in total. The first-order valence-corrected chi connectivity index (χ1v) is 9.62. The first-order chi connectivity index (χ1) is 11.2. The van der Waals surface area contributed by atoms with E-state index in [1.54, 1.807) is 0 Å². The summed E-state index contributed by atoms with van der Waals surface area (Å²) in [6, 6.07) is 0.970. The van der Waals surface area contributed by atoms with Crippen molar-refractivity contribution in [3.63, 3.8) is 0 Å². The lowest BCUT2D eigenvalue weighted by atomic mass is 9.95. The zero-order chi connectivity index (χ0) is 17.4. The number of carbonyl (C=O) groups is 1. The summed E-state index contributed by atoms with van der Waals surface area (Å²) in [6.07, 6.45) is 4.42. The van der Waals surface area contributed by atoms with Crippen LogP contribution in [-0.4, -0.2) is 73.1 Å². The molecule has 3 heterocycles. The molecular formula is C18H38N4O. The Kier molecular flexibility index (Phi) is 9.10. The zero-order valence-electron chi connectivity index (χ0n) is 16.1. The molecule has 3 aliphatic heterocycles. The maximum atomic E-state index is 12.8. The zero-order valence-corrected chi connectivity index (χ0v) is 16.1. The molecular weight excluding hydrogens is 288 g/mol. The van der Waals surface area contributed by atoms with Crippen molar-refractivity contribution in [2.45, 2.75) is 65.5 Å². The van der Waals surface area contributed by atoms with Gasteiger partial charge in [-0.3, -0.25) is 10.2 Å². The Morgan fingerprint density at radius 3 is 1.83 bits per heavy atom. The second-order valence-electron chi connectivity index (χ2n) is 6.34. The molecule has 0 aromatic rings. The van der Waals surface area contributed by atoms with Crippen molar-refractivity contribution in [1.29, 1.82) is 0 Å². The van der Waals surface area contributed by atoms with Gasteiger partial charge in [0, 0.05) is 44.2 Å². The molecule has 2 bridgehead atoms. The van der Waals surface area contributed by atoms with Crippen molar-refractivity contribution in [3.05, 3.63) is 0 Å². The van der Waals surface area contributed by atoms with Gasteiger partial charge in [0.2, 0.25) is 5.91 Å². The van der Waals surface area contributed by atoms with Crippen molar-refractivity contribution < 1.29 is 4.79 Å². The number of piperazine rings is 1. The molecule has 3 fully saturated rings. The number of likely N-dealkylation sites (tertiary alicyclic amines) is 1. The third-order valence-electron chi connectivity index (χ3n) is 5.08. The molecule has 2 unspecified atom stereocenters. The van der Waals surface area contributed by atoms with Gasteiger partial charge in [-0.25, -0.2) is 5.01 Å². The molecule has 23 heavy (non-hydrogen) atoms. The summed E-state index contributed by atoms with van der Waals surface area (Å²) in [6.45, 7) is 12.1. The van der Waals surface area contributed by atoms with E-state index in [4.69, 9.17) is 0 Å². The standard InChI is InChI=1S/C14H26N4O.2C2H6/c1-15-17-7-5-11(6-8-17)14(19)18-12-3-4-13(18)10-16(2)9-12;2*1-2/h11-13,15H,3-10H2,1-2H3;2*1-2H3. The lowest BCUT2D eigenvalue weighted by molar-refractivity contribution is -0.143. The Balaban J connectivity index is 0.000000615. The van der Waals surface area contributed by atoms with Crippen molar-refractivity contribution in [2.75, 3.05) is 40.3 Å². The van der Waals surface area contributed by atoms with Gasteiger partial charge < -0.3 is 9.80 Å². The number of hydrazine groups is 1. The van der Waals surface area contributed by atoms with Crippen molar-refractivity contribution in [2.24, 2.45) is 5.92 Å². The minimum absolute atomic E-state index is 0.260. The number of hydrogen-bond donors (Lipinski definition) is 1. The minimum atomic E-state index is 0.260. The molecule has 0 radical (unpaired) electrons. The summed E-state index contributed by atoms with van der Waals surface area (Å²) in [4.78, 5) is 17.4. The molecule has 3 rings (SSSR count). The summed E-state index contributed by atoms with van der Waals surface area (Å²) in [5.74, 6) is 0.701. The smallest absolute Gasteiger partial charge is 0.226 e. The fraction of sp³-hybridized carbons (Fsp3) is 0.944. The van der Waals surface area contributed by atoms with Crippen LogP contribution in [0.5, 0.6) is 0 Å². The van der Waals surface area contributed by atoms with Crippen molar-refractivity contribution in [1.82, 2.24) is 20.2 Å². The predicted octanol–water partition coefficient (Wildman–Crippen LogP) is 2.19. The molecule has 3 aliphatic rings. The summed E-state index contributed by atoms with van der Waals surface area (Å²) < 4.78 is 0. The van der Waals surface area contributed by atoms with Crippen LogP contribution in [0.2, 0.25) is 0 Å². The topological polar surface area (TPSA) is 38.8 Å². The highest BCUT2D eigenvalue weighted by Gasteiger charge is 2.43. The van der Waals surface area contributed by atoms with Gasteiger partial charge in [0.1, 0.15) is 0 Å². The van der Waals surface area contributed by atoms with Crippen molar-refractivity contribution >= 4 is 5.91 Å². The highest BCUT2D eigenvalue weighted by atomic mass is 16.2. The van der Waals surface area contributed by atoms with Crippen LogP contribution in [0.4, 0.5) is 0 Å². The van der Waals surface area contributed by atoms with Crippen LogP contribution in [0.1, 0.15) is 53.4 Å². The summed E-state index contributed by atoms with van der Waals surface area (Å²) in [7, 11) is 4.14. The second-order valence-corrected chi connectivity index (χ2v) is 6.34. The number of amides is 1. The van der Waals surface area contributed by atoms with E-state index in [1.807, 2.05) is 34.7 Å². The van der Waals surface area contributed by atoms with E-state index in [9.17, 15) is 4.79 Å². The lowest BCUT2D eigenvalue weighted by Gasteiger charge is -2.42. The maximum absolute atomic E-state index is 12.8. The molecule has 3 saturated heterocycles. The summed E-state index contributed by atoms with van der Waals surface area (Å²) in [5, 5.41) is 2.21. The molecule has 1 amide bonds. The lowest BCUT2D eigenvalue weighted by Crippen LogP contribution is -2.57. The molecule has 0 spiro atoms. The Labute approximate surface area is 143 Å². The van der Waals surface area contributed by atoms with Gasteiger partial charge >= 0.3 is 0 Å². The van der Waals surface area contributed by atoms with Gasteiger partial charge in [-0.1, -0.05) is 27.7 Å². The number of carbonyl (C=O) groups excluding carboxylic acids is 1. The van der Waals surface area contributed by atoms with Gasteiger partial charge in [-0.15, -0.1) is 0 Å². The van der Waals surface area contributed by atoms with Crippen LogP contribution < -0.4 is 5.43 Å². The molecule has 0 aromatic carbocycles. The van der Waals surface area contributed by atoms with Crippen LogP contribution in [-0.2, 0) is 4.79 Å². The van der Waals surface area contributed by atoms with Gasteiger partial charge in [0.15, 0.2) is 0 Å². The van der Waals surface area contributed by atoms with E-state index >= 15 is 0 Å². The average Bonchev–Trinajstić information content (AvgIpc) is 2.89. The SMILES string of the molecule is CC.CC.CNN1CCC(C(=O)N2C3CCC2CN(C)C3)CC1. The molecule has 2 atom stereocenters. The minimum Gasteiger partial charge on any atom is -0.334 e. The van der Waals surface area contributed by atoms with Crippen LogP contribution in [0.3, 0.4) is 0 Å². The highest BCUT2D eigenvalue weighted by Crippen LogP contribution is 2.32. The Bertz CT molecular complexity index is 328. The van der Waals surface area contributed by atoms with Crippen LogP contribution in [0, 0.1) is 5.92 Å². The third-order valence-corrected chi connectivity index (χ3v) is 5.08. The largest absolute Gasteiger partial charge is 0.334 e. The Morgan fingerprint density at radius 2 is 1.39 bits per heavy atom. The van der Waals surface area contributed by atoms with Crippen LogP contribution in [0.25, 0.3) is 0 Å². The fourth-order valence-corrected chi connectivity index (χ4v) is 4.03. The quantitative estimate of drug-likeness (QED) is 0.844. The number of rotatable bonds is 2. The second kappa shape index (κ2) is 10.3. The van der Waals surface area contributed by atoms with E-state index in [2.05, 4.69) is 27.3 Å². The number of fused-ring (bicyclic) bond motifs is 2. The van der Waals surface area contributed by atoms with Gasteiger partial charge in [0.25, 0.3) is 0 Å². The van der Waals surface area contributed by atoms with E-state index in [1.165, 1.54) is 12.8 Å². The van der Waals surface area contributed by atoms with Crippen molar-refractivity contribution in [3.8, 4) is 0 Å². The number of likely N-dealkylation sites (N-methyl/N-ethyl adjacent to an activating group) is 1. The van der Waals surface area contributed by atoms with Gasteiger partial charge in [0.05, 0.1) is 0 Å². The normalized spacial score (nSPS) is 28.5. The number of piperidine rings is 1. The average molecular weight is 327 g/mol. The monoisotopic (exact) mass is 326 g/mol. The Hall–Kier alpha value is -0.650. The van der Waals surface area contributed by atoms with E-state index in [-0.39, 0.29) is 5.92 Å². The predicted molar refractivity (Wildman–Crippen MR) is 97.2 cm³/mol. The molecule has 0 saturated carbocycles. The number of nitrogens with one attached hydrogen (secondary N) is 1. The van der Waals surface area contributed by atoms with Gasteiger partial charge in [-0.2, -0.15) is 0 Å². The molecule has 0 aromatic heterocycles. The number of nitrogens with zero attached hydrogens (tertiary/aromatic N) is 3. The third kappa shape index (κ3) is 4.91. The fourth-order valence-electron chi connectivity index (χ4n) is 4.03. The van der Waals surface area contributed by atoms with Crippen LogP contribution >= 0.6 is 0 Å². The molecule has 5 nitrogen and oxygen atoms in total. The molecule has 0 aliphatic carbocycles. The first kappa shape index (κ1) is 20.4. The maximum Gasteiger partial charge on any atom is 0.226 e. The summed E-state index contributed by atoms with van der Waals surface area (Å²) >= 11 is 0.